The molecule has 2 heterocycles. The number of alkyl halides is 3. The first-order chi connectivity index (χ1) is 16.7. The highest BCUT2D eigenvalue weighted by Gasteiger charge is 2.34. The quantitative estimate of drug-likeness (QED) is 0.484. The van der Waals surface area contributed by atoms with Crippen molar-refractivity contribution < 1.29 is 37.3 Å². The number of rotatable bonds is 8. The van der Waals surface area contributed by atoms with Gasteiger partial charge in [0.25, 0.3) is 0 Å². The van der Waals surface area contributed by atoms with Crippen LogP contribution in [0.15, 0.2) is 53.6 Å². The summed E-state index contributed by atoms with van der Waals surface area (Å²) in [6.45, 7) is 3.90. The molecule has 10 heteroatoms. The van der Waals surface area contributed by atoms with Gasteiger partial charge in [0.2, 0.25) is 0 Å². The van der Waals surface area contributed by atoms with E-state index < -0.39 is 17.7 Å². The summed E-state index contributed by atoms with van der Waals surface area (Å²) < 4.78 is 56.8. The van der Waals surface area contributed by atoms with E-state index in [1.54, 1.807) is 31.2 Å². The maximum absolute atomic E-state index is 13.4. The second-order valence-electron chi connectivity index (χ2n) is 8.37. The number of halogens is 4. The fraction of sp³-hybridized carbons (Fsp3) is 0.346. The summed E-state index contributed by atoms with van der Waals surface area (Å²) in [5, 5.41) is 9.22. The van der Waals surface area contributed by atoms with Gasteiger partial charge in [-0.05, 0) is 54.8 Å². The van der Waals surface area contributed by atoms with E-state index in [1.807, 2.05) is 12.1 Å². The average molecular weight is 526 g/mol. The number of carboxylic acid groups (broad SMARTS) is 1. The zero-order valence-electron chi connectivity index (χ0n) is 19.6. The minimum atomic E-state index is -4.52. The molecule has 1 N–H and O–H groups in total. The van der Waals surface area contributed by atoms with Gasteiger partial charge in [-0.25, -0.2) is 4.79 Å². The molecule has 194 valence electrons. The molecule has 2 aromatic carbocycles. The van der Waals surface area contributed by atoms with E-state index in [0.29, 0.717) is 48.8 Å². The highest BCUT2D eigenvalue weighted by atomic mass is 35.5. The summed E-state index contributed by atoms with van der Waals surface area (Å²) in [4.78, 5) is 13.3. The van der Waals surface area contributed by atoms with Crippen LogP contribution in [0, 0.1) is 0 Å². The third-order valence-corrected chi connectivity index (χ3v) is 5.74. The zero-order valence-corrected chi connectivity index (χ0v) is 20.5. The fourth-order valence-corrected chi connectivity index (χ4v) is 4.09. The molecule has 0 atom stereocenters. The number of carboxylic acids is 1. The van der Waals surface area contributed by atoms with Gasteiger partial charge in [0.1, 0.15) is 30.5 Å². The Morgan fingerprint density at radius 2 is 1.97 bits per heavy atom. The van der Waals surface area contributed by atoms with Crippen molar-refractivity contribution in [1.29, 1.82) is 0 Å². The lowest BCUT2D eigenvalue weighted by molar-refractivity contribution is -0.139. The second kappa shape index (κ2) is 11.7. The van der Waals surface area contributed by atoms with E-state index in [9.17, 15) is 23.1 Å². The third kappa shape index (κ3) is 6.73. The Bertz CT molecular complexity index is 1160. The minimum absolute atomic E-state index is 0. The van der Waals surface area contributed by atoms with Crippen LogP contribution in [0.3, 0.4) is 0 Å². The molecule has 0 bridgehead atoms. The number of benzene rings is 2. The van der Waals surface area contributed by atoms with Crippen molar-refractivity contribution in [3.05, 3.63) is 70.3 Å². The van der Waals surface area contributed by atoms with Crippen LogP contribution in [0.2, 0.25) is 0 Å². The van der Waals surface area contributed by atoms with Gasteiger partial charge in [0.15, 0.2) is 0 Å². The van der Waals surface area contributed by atoms with E-state index in [2.05, 4.69) is 4.90 Å². The topological polar surface area (TPSA) is 68.2 Å². The Hall–Kier alpha value is -3.17. The van der Waals surface area contributed by atoms with Gasteiger partial charge in [-0.1, -0.05) is 12.1 Å². The van der Waals surface area contributed by atoms with E-state index >= 15 is 0 Å². The molecule has 0 unspecified atom stereocenters. The largest absolute Gasteiger partial charge is 0.493 e. The zero-order chi connectivity index (χ0) is 25.0. The number of ether oxygens (including phenoxy) is 3. The van der Waals surface area contributed by atoms with Crippen LogP contribution < -0.4 is 14.2 Å². The van der Waals surface area contributed by atoms with Gasteiger partial charge >= 0.3 is 12.1 Å². The molecule has 0 aliphatic carbocycles. The van der Waals surface area contributed by atoms with Gasteiger partial charge in [-0.2, -0.15) is 13.2 Å². The first-order valence-electron chi connectivity index (χ1n) is 11.3. The standard InChI is InChI=1S/C26H26F3NO5.ClH/c1-2-33-23-8-5-17(11-22(23)26(27,28)29)15-34-21-7-6-19-10-18(16-35-24(19)12-21)13-30-9-3-4-20(14-30)25(31)32;/h4-8,10-12H,2-3,9,13-16H2,1H3,(H,31,32);1H. The molecule has 4 rings (SSSR count). The van der Waals surface area contributed by atoms with Gasteiger partial charge in [0.05, 0.1) is 12.2 Å². The first-order valence-corrected chi connectivity index (χ1v) is 11.3. The Kier molecular flexibility index (Phi) is 8.92. The lowest BCUT2D eigenvalue weighted by atomic mass is 10.0. The van der Waals surface area contributed by atoms with Gasteiger partial charge < -0.3 is 19.3 Å². The summed E-state index contributed by atoms with van der Waals surface area (Å²) in [6, 6.07) is 9.20. The molecule has 0 saturated heterocycles. The number of carbonyl (C=O) groups is 1. The minimum Gasteiger partial charge on any atom is -0.493 e. The maximum Gasteiger partial charge on any atom is 0.419 e. The Morgan fingerprint density at radius 3 is 2.69 bits per heavy atom. The third-order valence-electron chi connectivity index (χ3n) is 5.74. The SMILES string of the molecule is CCOc1ccc(COc2ccc3c(c2)OCC(CN2CCC=C(C(=O)O)C2)=C3)cc1C(F)(F)F.Cl. The lowest BCUT2D eigenvalue weighted by Crippen LogP contribution is -2.34. The van der Waals surface area contributed by atoms with Gasteiger partial charge in [-0.15, -0.1) is 12.4 Å². The predicted molar refractivity (Wildman–Crippen MR) is 131 cm³/mol. The highest BCUT2D eigenvalue weighted by molar-refractivity contribution is 5.87. The number of aliphatic carboxylic acids is 1. The van der Waals surface area contributed by atoms with Crippen molar-refractivity contribution >= 4 is 24.5 Å². The molecular weight excluding hydrogens is 499 g/mol. The number of hydrogen-bond acceptors (Lipinski definition) is 5. The van der Waals surface area contributed by atoms with Crippen LogP contribution in [-0.4, -0.2) is 48.8 Å². The maximum atomic E-state index is 13.4. The molecule has 2 aromatic rings. The molecule has 2 aliphatic heterocycles. The van der Waals surface area contributed by atoms with Crippen LogP contribution >= 0.6 is 12.4 Å². The lowest BCUT2D eigenvalue weighted by Gasteiger charge is -2.28. The van der Waals surface area contributed by atoms with Crippen molar-refractivity contribution in [3.63, 3.8) is 0 Å². The molecule has 36 heavy (non-hydrogen) atoms. The highest BCUT2D eigenvalue weighted by Crippen LogP contribution is 2.37. The summed E-state index contributed by atoms with van der Waals surface area (Å²) in [5.41, 5.74) is 1.85. The van der Waals surface area contributed by atoms with Crippen LogP contribution in [0.1, 0.15) is 30.0 Å². The van der Waals surface area contributed by atoms with Crippen molar-refractivity contribution in [3.8, 4) is 17.2 Å². The number of hydrogen-bond donors (Lipinski definition) is 1. The van der Waals surface area contributed by atoms with Crippen molar-refractivity contribution in [2.75, 3.05) is 32.8 Å². The molecule has 0 saturated carbocycles. The number of fused-ring (bicyclic) bond motifs is 1. The van der Waals surface area contributed by atoms with Gasteiger partial charge in [-0.3, -0.25) is 4.90 Å². The smallest absolute Gasteiger partial charge is 0.419 e. The summed E-state index contributed by atoms with van der Waals surface area (Å²) >= 11 is 0. The van der Waals surface area contributed by atoms with Crippen molar-refractivity contribution in [1.82, 2.24) is 4.90 Å². The molecular formula is C26H27ClF3NO5. The van der Waals surface area contributed by atoms with Crippen LogP contribution in [0.4, 0.5) is 13.2 Å². The molecule has 0 spiro atoms. The average Bonchev–Trinajstić information content (AvgIpc) is 2.83. The van der Waals surface area contributed by atoms with Crippen LogP contribution in [0.5, 0.6) is 17.2 Å². The predicted octanol–water partition coefficient (Wildman–Crippen LogP) is 5.60. The monoisotopic (exact) mass is 525 g/mol. The normalized spacial score (nSPS) is 15.6. The Morgan fingerprint density at radius 1 is 1.17 bits per heavy atom. The van der Waals surface area contributed by atoms with Crippen LogP contribution in [-0.2, 0) is 17.6 Å². The summed E-state index contributed by atoms with van der Waals surface area (Å²) in [6.07, 6.45) is -0.0438. The van der Waals surface area contributed by atoms with Crippen LogP contribution in [0.25, 0.3) is 6.08 Å². The van der Waals surface area contributed by atoms with E-state index in [1.165, 1.54) is 6.07 Å². The van der Waals surface area contributed by atoms with Crippen molar-refractivity contribution in [2.45, 2.75) is 26.1 Å². The van der Waals surface area contributed by atoms with E-state index in [0.717, 1.165) is 23.7 Å². The molecule has 0 fully saturated rings. The molecule has 0 aromatic heterocycles. The Balaban J connectivity index is 0.00000361. The fourth-order valence-electron chi connectivity index (χ4n) is 4.09. The summed E-state index contributed by atoms with van der Waals surface area (Å²) in [7, 11) is 0. The Labute approximate surface area is 213 Å². The molecule has 2 aliphatic rings. The van der Waals surface area contributed by atoms with Gasteiger partial charge in [0, 0.05) is 36.8 Å². The van der Waals surface area contributed by atoms with E-state index in [4.69, 9.17) is 14.2 Å². The molecule has 0 amide bonds. The van der Waals surface area contributed by atoms with E-state index in [-0.39, 0.29) is 31.4 Å². The van der Waals surface area contributed by atoms with Crippen molar-refractivity contribution in [2.24, 2.45) is 0 Å². The molecule has 6 nitrogen and oxygen atoms in total. The second-order valence-corrected chi connectivity index (χ2v) is 8.37. The molecule has 0 radical (unpaired) electrons. The summed E-state index contributed by atoms with van der Waals surface area (Å²) in [5.74, 6) is 0.0172. The number of nitrogens with zero attached hydrogens (tertiary/aromatic N) is 1. The first kappa shape index (κ1) is 27.4.